The highest BCUT2D eigenvalue weighted by atomic mass is 15.1. The molecule has 0 amide bonds. The highest BCUT2D eigenvalue weighted by Crippen LogP contribution is 2.54. The van der Waals surface area contributed by atoms with Crippen LogP contribution in [-0.2, 0) is 5.41 Å². The molecule has 149 heavy (non-hydrogen) atoms. The van der Waals surface area contributed by atoms with Gasteiger partial charge in [0.1, 0.15) is 0 Å². The Morgan fingerprint density at radius 3 is 0.832 bits per heavy atom. The van der Waals surface area contributed by atoms with E-state index in [0.29, 0.717) is 0 Å². The number of aromatic nitrogens is 4. The lowest BCUT2D eigenvalue weighted by atomic mass is 9.81. The van der Waals surface area contributed by atoms with Crippen LogP contribution in [0.1, 0.15) is 25.0 Å². The van der Waals surface area contributed by atoms with Crippen molar-refractivity contribution in [3.05, 3.63) is 557 Å². The molecule has 4 heterocycles. The van der Waals surface area contributed by atoms with Gasteiger partial charge in [0.25, 0.3) is 0 Å². The van der Waals surface area contributed by atoms with Gasteiger partial charge in [-0.3, -0.25) is 0 Å². The smallest absolute Gasteiger partial charge is 0.0547 e. The van der Waals surface area contributed by atoms with Gasteiger partial charge in [-0.15, -0.1) is 0 Å². The second-order valence-electron chi connectivity index (χ2n) is 40.2. The van der Waals surface area contributed by atoms with E-state index in [0.717, 1.165) is 107 Å². The number of anilines is 6. The molecule has 6 heteroatoms. The maximum absolute atomic E-state index is 2.46. The Kier molecular flexibility index (Phi) is 20.3. The molecule has 0 bridgehead atoms. The zero-order valence-corrected chi connectivity index (χ0v) is 82.1. The Morgan fingerprint density at radius 1 is 0.141 bits per heavy atom. The zero-order chi connectivity index (χ0) is 98.5. The van der Waals surface area contributed by atoms with Crippen LogP contribution in [0.4, 0.5) is 34.1 Å². The van der Waals surface area contributed by atoms with Gasteiger partial charge < -0.3 is 28.1 Å². The minimum Gasteiger partial charge on any atom is -0.311 e. The van der Waals surface area contributed by atoms with E-state index in [1.165, 1.54) is 170 Å². The van der Waals surface area contributed by atoms with Crippen molar-refractivity contribution in [1.29, 1.82) is 0 Å². The lowest BCUT2D eigenvalue weighted by Gasteiger charge is -2.28. The molecule has 0 N–H and O–H groups in total. The standard InChI is InChI=1S/C143H96N6/c1-143(2)133-89-103(105-66-85-131-128-34-14-19-44-138(128)149(142(131)91-105)108-28-7-4-8-29-108)64-83-123(133)124-86-82-116(92-134(124)143)145(113-80-60-101(61-81-113)118-36-21-25-100-24-9-10-30-117(100)118)112-72-54-96(55-73-112)98-58-76-115(77-59-98)147-139-45-20-15-35-129(139)132-88-106(67-87-140(132)147)120-38-23-39-121-119(37-22-40-122(120)121)102-62-78-111(79-63-102)144(110-70-52-95(53-71-110)97-56-74-114(75-57-97)146-135-41-16-11-31-125(135)126-32-12-17-42-136(126)146)109-68-50-94(51-69-109)93-46-48-99(49-47-93)104-65-84-130-127-33-13-18-43-137(127)148(141(130)90-104)107-26-5-3-6-27-107/h3-92H,1-2H3. The molecule has 0 aliphatic heterocycles. The number of nitrogens with zero attached hydrogens (tertiary/aromatic N) is 6. The largest absolute Gasteiger partial charge is 0.311 e. The van der Waals surface area contributed by atoms with Gasteiger partial charge >= 0.3 is 0 Å². The third kappa shape index (κ3) is 14.5. The first-order valence-corrected chi connectivity index (χ1v) is 51.6. The van der Waals surface area contributed by atoms with E-state index in [1.807, 2.05) is 0 Å². The topological polar surface area (TPSA) is 26.2 Å². The van der Waals surface area contributed by atoms with Gasteiger partial charge in [-0.1, -0.05) is 378 Å². The quantitative estimate of drug-likeness (QED) is 0.0856. The van der Waals surface area contributed by atoms with Crippen molar-refractivity contribution in [2.75, 3.05) is 9.80 Å². The van der Waals surface area contributed by atoms with Crippen LogP contribution in [-0.4, -0.2) is 18.3 Å². The summed E-state index contributed by atoms with van der Waals surface area (Å²) in [6.45, 7) is 4.81. The molecule has 6 nitrogen and oxygen atoms in total. The normalized spacial score (nSPS) is 12.3. The Bertz CT molecular complexity index is 10100. The molecule has 0 saturated carbocycles. The molecule has 24 aromatic carbocycles. The summed E-state index contributed by atoms with van der Waals surface area (Å²) in [5, 5.41) is 14.8. The van der Waals surface area contributed by atoms with Gasteiger partial charge in [0, 0.05) is 105 Å². The number of hydrogen-bond donors (Lipinski definition) is 0. The summed E-state index contributed by atoms with van der Waals surface area (Å²) in [6.07, 6.45) is 0. The minimum atomic E-state index is -0.300. The van der Waals surface area contributed by atoms with E-state index in [4.69, 9.17) is 0 Å². The summed E-state index contributed by atoms with van der Waals surface area (Å²) in [4.78, 5) is 4.83. The maximum Gasteiger partial charge on any atom is 0.0547 e. The average molecular weight is 1900 g/mol. The predicted octanol–water partition coefficient (Wildman–Crippen LogP) is 39.0. The van der Waals surface area contributed by atoms with E-state index in [1.54, 1.807) is 0 Å². The fourth-order valence-corrected chi connectivity index (χ4v) is 24.3. The molecule has 0 radical (unpaired) electrons. The SMILES string of the molecule is CC1(C)c2cc(-c3ccc4c5ccccc5n(-c5ccccc5)c4c3)ccc2-c2ccc(N(c3ccc(-c4ccc(-n5c6ccccc6c6cc(-c7cccc8c(-c9ccc(N(c%10ccc(-c%11ccc(-c%12ccc%13c%14ccccc%14n(-c%14ccccc%14)c%13c%12)cc%11)cc%10)c%10ccc(-c%11ccc(-n%12c%13ccccc%13c%13ccccc%13%12)cc%11)cc%10)cc9)cccc78)ccc65)cc4)cc3)c3ccc(-c4cccc5ccccc45)cc3)cc21. The van der Waals surface area contributed by atoms with E-state index >= 15 is 0 Å². The van der Waals surface area contributed by atoms with Crippen LogP contribution in [0.15, 0.2) is 546 Å². The monoisotopic (exact) mass is 1900 g/mol. The third-order valence-corrected chi connectivity index (χ3v) is 31.6. The minimum absolute atomic E-state index is 0.300. The summed E-state index contributed by atoms with van der Waals surface area (Å²) in [6, 6.07) is 202. The van der Waals surface area contributed by atoms with Crippen LogP contribution in [0.2, 0.25) is 0 Å². The summed E-state index contributed by atoms with van der Waals surface area (Å²) in [7, 11) is 0. The molecule has 29 rings (SSSR count). The van der Waals surface area contributed by atoms with Gasteiger partial charge in [-0.25, -0.2) is 0 Å². The van der Waals surface area contributed by atoms with Crippen molar-refractivity contribution in [2.24, 2.45) is 0 Å². The highest BCUT2D eigenvalue weighted by molar-refractivity contribution is 6.16. The van der Waals surface area contributed by atoms with Crippen LogP contribution in [0.25, 0.3) is 232 Å². The van der Waals surface area contributed by atoms with Crippen molar-refractivity contribution in [3.63, 3.8) is 0 Å². The maximum atomic E-state index is 2.46. The van der Waals surface area contributed by atoms with Gasteiger partial charge in [0.15, 0.2) is 0 Å². The predicted molar refractivity (Wildman–Crippen MR) is 629 cm³/mol. The fourth-order valence-electron chi connectivity index (χ4n) is 24.3. The first kappa shape index (κ1) is 86.3. The van der Waals surface area contributed by atoms with Gasteiger partial charge in [-0.2, -0.15) is 0 Å². The number of para-hydroxylation sites is 7. The Balaban J connectivity index is 0.458. The Hall–Kier alpha value is -19.4. The zero-order valence-electron chi connectivity index (χ0n) is 82.1. The molecule has 4 aromatic heterocycles. The summed E-state index contributed by atoms with van der Waals surface area (Å²) >= 11 is 0. The molecular formula is C143H96N6. The molecule has 0 fully saturated rings. The molecule has 1 aliphatic carbocycles. The molecule has 28 aromatic rings. The van der Waals surface area contributed by atoms with Crippen molar-refractivity contribution in [2.45, 2.75) is 19.3 Å². The molecule has 698 valence electrons. The van der Waals surface area contributed by atoms with Gasteiger partial charge in [0.2, 0.25) is 0 Å². The van der Waals surface area contributed by atoms with E-state index in [9.17, 15) is 0 Å². The summed E-state index contributed by atoms with van der Waals surface area (Å²) in [5.41, 5.74) is 44.1. The van der Waals surface area contributed by atoms with Crippen LogP contribution in [0, 0.1) is 0 Å². The number of hydrogen-bond acceptors (Lipinski definition) is 2. The van der Waals surface area contributed by atoms with Crippen LogP contribution < -0.4 is 9.80 Å². The Labute approximate surface area is 864 Å². The Morgan fingerprint density at radius 2 is 0.396 bits per heavy atom. The van der Waals surface area contributed by atoms with Crippen LogP contribution in [0.5, 0.6) is 0 Å². The first-order chi connectivity index (χ1) is 73.6. The molecule has 0 unspecified atom stereocenters. The van der Waals surface area contributed by atoms with Crippen molar-refractivity contribution >= 4 is 143 Å². The van der Waals surface area contributed by atoms with Crippen molar-refractivity contribution in [1.82, 2.24) is 18.3 Å². The van der Waals surface area contributed by atoms with Crippen LogP contribution in [0.3, 0.4) is 0 Å². The summed E-state index contributed by atoms with van der Waals surface area (Å²) in [5.74, 6) is 0. The van der Waals surface area contributed by atoms with E-state index < -0.39 is 0 Å². The number of rotatable bonds is 18. The lowest BCUT2D eigenvalue weighted by Crippen LogP contribution is -2.16. The van der Waals surface area contributed by atoms with E-state index in [-0.39, 0.29) is 5.41 Å². The average Bonchev–Trinajstić information content (AvgIpc) is 1.57. The van der Waals surface area contributed by atoms with E-state index in [2.05, 4.69) is 588 Å². The van der Waals surface area contributed by atoms with Crippen molar-refractivity contribution in [3.8, 4) is 123 Å². The number of fused-ring (bicyclic) bond motifs is 17. The molecule has 0 spiro atoms. The first-order valence-electron chi connectivity index (χ1n) is 51.6. The molecular weight excluding hydrogens is 1800 g/mol. The fraction of sp³-hybridized carbons (Fsp3) is 0.0210. The number of benzene rings is 24. The second-order valence-corrected chi connectivity index (χ2v) is 40.2. The summed E-state index contributed by atoms with van der Waals surface area (Å²) < 4.78 is 9.62. The second kappa shape index (κ2) is 35.0. The molecule has 0 atom stereocenters. The molecule has 0 saturated heterocycles. The third-order valence-electron chi connectivity index (χ3n) is 31.6. The van der Waals surface area contributed by atoms with Crippen LogP contribution >= 0.6 is 0 Å². The highest BCUT2D eigenvalue weighted by Gasteiger charge is 2.37. The molecule has 1 aliphatic rings. The lowest BCUT2D eigenvalue weighted by molar-refractivity contribution is 0.660. The van der Waals surface area contributed by atoms with Gasteiger partial charge in [-0.05, 0) is 315 Å². The van der Waals surface area contributed by atoms with Gasteiger partial charge in [0.05, 0.1) is 44.1 Å². The van der Waals surface area contributed by atoms with Crippen molar-refractivity contribution < 1.29 is 0 Å².